The van der Waals surface area contributed by atoms with Crippen LogP contribution in [0.4, 0.5) is 0 Å². The van der Waals surface area contributed by atoms with E-state index in [0.29, 0.717) is 19.3 Å². The maximum absolute atomic E-state index is 12.5. The first kappa shape index (κ1) is 21.6. The predicted octanol–water partition coefficient (Wildman–Crippen LogP) is 2.02. The van der Waals surface area contributed by atoms with Crippen molar-refractivity contribution in [3.8, 4) is 0 Å². The van der Waals surface area contributed by atoms with Crippen LogP contribution in [0.15, 0.2) is 0 Å². The third-order valence-corrected chi connectivity index (χ3v) is 4.66. The summed E-state index contributed by atoms with van der Waals surface area (Å²) in [6, 6.07) is -0.224. The van der Waals surface area contributed by atoms with Gasteiger partial charge >= 0.3 is 0 Å². The van der Waals surface area contributed by atoms with Gasteiger partial charge in [-0.3, -0.25) is 14.4 Å². The smallest absolute Gasteiger partial charge is 0.242 e. The number of rotatable bonds is 12. The fourth-order valence-corrected chi connectivity index (χ4v) is 3.19. The van der Waals surface area contributed by atoms with Crippen LogP contribution in [-0.4, -0.2) is 55.2 Å². The molecule has 1 aliphatic carbocycles. The Hall–Kier alpha value is -1.43. The van der Waals surface area contributed by atoms with E-state index in [2.05, 4.69) is 10.6 Å². The van der Waals surface area contributed by atoms with Crippen LogP contribution in [0.2, 0.25) is 0 Å². The summed E-state index contributed by atoms with van der Waals surface area (Å²) in [6.45, 7) is 2.16. The molecule has 1 aliphatic rings. The summed E-state index contributed by atoms with van der Waals surface area (Å²) in [7, 11) is 3.66. The lowest BCUT2D eigenvalue weighted by molar-refractivity contribution is -0.129. The highest BCUT2D eigenvalue weighted by atomic mass is 16.2. The summed E-state index contributed by atoms with van der Waals surface area (Å²) in [4.78, 5) is 37.7. The summed E-state index contributed by atoms with van der Waals surface area (Å²) >= 11 is 0. The predicted molar refractivity (Wildman–Crippen MR) is 99.3 cm³/mol. The number of nitrogens with zero attached hydrogens (tertiary/aromatic N) is 1. The average molecular weight is 354 g/mol. The average Bonchev–Trinajstić information content (AvgIpc) is 3.05. The van der Waals surface area contributed by atoms with E-state index >= 15 is 0 Å². The first-order chi connectivity index (χ1) is 11.9. The van der Waals surface area contributed by atoms with Gasteiger partial charge in [-0.25, -0.2) is 0 Å². The van der Waals surface area contributed by atoms with E-state index in [1.807, 2.05) is 21.0 Å². The van der Waals surface area contributed by atoms with Crippen molar-refractivity contribution >= 4 is 17.6 Å². The Labute approximate surface area is 152 Å². The maximum Gasteiger partial charge on any atom is 0.242 e. The monoisotopic (exact) mass is 353 g/mol. The molecule has 1 rings (SSSR count). The summed E-state index contributed by atoms with van der Waals surface area (Å²) in [6.07, 6.45) is 8.81. The first-order valence-corrected chi connectivity index (χ1v) is 9.68. The van der Waals surface area contributed by atoms with Crippen LogP contribution >= 0.6 is 0 Å². The van der Waals surface area contributed by atoms with Gasteiger partial charge in [-0.05, 0) is 39.8 Å². The molecule has 0 radical (unpaired) electrons. The number of ketones is 1. The third kappa shape index (κ3) is 9.58. The van der Waals surface area contributed by atoms with Crippen molar-refractivity contribution in [2.75, 3.05) is 20.6 Å². The zero-order valence-corrected chi connectivity index (χ0v) is 16.1. The van der Waals surface area contributed by atoms with Gasteiger partial charge in [-0.2, -0.15) is 0 Å². The van der Waals surface area contributed by atoms with E-state index in [1.165, 1.54) is 0 Å². The van der Waals surface area contributed by atoms with Crippen molar-refractivity contribution in [2.45, 2.75) is 83.2 Å². The molecule has 1 atom stereocenters. The van der Waals surface area contributed by atoms with Gasteiger partial charge < -0.3 is 15.5 Å². The van der Waals surface area contributed by atoms with Gasteiger partial charge in [0.15, 0.2) is 0 Å². The molecule has 0 unspecified atom stereocenters. The molecule has 0 saturated heterocycles. The zero-order chi connectivity index (χ0) is 18.7. The van der Waals surface area contributed by atoms with Crippen LogP contribution in [0.1, 0.15) is 71.1 Å². The summed E-state index contributed by atoms with van der Waals surface area (Å²) in [5, 5.41) is 5.96. The van der Waals surface area contributed by atoms with Gasteiger partial charge in [0.1, 0.15) is 11.8 Å². The van der Waals surface area contributed by atoms with Gasteiger partial charge in [0, 0.05) is 18.9 Å². The van der Waals surface area contributed by atoms with E-state index in [9.17, 15) is 14.4 Å². The quantitative estimate of drug-likeness (QED) is 0.526. The second-order valence-corrected chi connectivity index (χ2v) is 7.34. The Kier molecular flexibility index (Phi) is 10.4. The topological polar surface area (TPSA) is 78.5 Å². The lowest BCUT2D eigenvalue weighted by Gasteiger charge is -2.22. The van der Waals surface area contributed by atoms with Crippen molar-refractivity contribution in [1.82, 2.24) is 15.5 Å². The number of hydrogen-bond acceptors (Lipinski definition) is 4. The number of carbonyl (C=O) groups excluding carboxylic acids is 3. The Morgan fingerprint density at radius 3 is 2.36 bits per heavy atom. The molecule has 0 aromatic heterocycles. The molecule has 1 saturated carbocycles. The molecule has 2 amide bonds. The molecular formula is C19H35N3O3. The summed E-state index contributed by atoms with van der Waals surface area (Å²) in [5.41, 5.74) is 0. The Balaban J connectivity index is 2.44. The van der Waals surface area contributed by atoms with Crippen LogP contribution in [0, 0.1) is 0 Å². The normalized spacial score (nSPS) is 16.0. The molecule has 2 N–H and O–H groups in total. The molecule has 6 heteroatoms. The van der Waals surface area contributed by atoms with Crippen LogP contribution in [0.5, 0.6) is 0 Å². The Morgan fingerprint density at radius 2 is 1.76 bits per heavy atom. The zero-order valence-electron chi connectivity index (χ0n) is 16.1. The van der Waals surface area contributed by atoms with E-state index in [-0.39, 0.29) is 30.2 Å². The fourth-order valence-electron chi connectivity index (χ4n) is 3.19. The summed E-state index contributed by atoms with van der Waals surface area (Å²) in [5.74, 6) is 0.0937. The number of Topliss-reactive ketones (excluding diaryl/α,β-unsaturated/α-hetero) is 1. The number of carbonyl (C=O) groups is 3. The molecule has 0 aliphatic heterocycles. The molecule has 144 valence electrons. The van der Waals surface area contributed by atoms with Crippen LogP contribution < -0.4 is 10.6 Å². The minimum absolute atomic E-state index is 0.0661. The fraction of sp³-hybridized carbons (Fsp3) is 0.842. The van der Waals surface area contributed by atoms with Gasteiger partial charge in [0.25, 0.3) is 0 Å². The standard InChI is InChI=1S/C19H35N3O3/c1-4-16(23)12-6-5-7-13-17(21-18(24)14-22(2)3)19(25)20-15-10-8-9-11-15/h15,17H,4-14H2,1-3H3,(H,20,25)(H,21,24)/t17-/m0/s1. The van der Waals surface area contributed by atoms with Crippen LogP contribution in [0.3, 0.4) is 0 Å². The highest BCUT2D eigenvalue weighted by Crippen LogP contribution is 2.18. The van der Waals surface area contributed by atoms with Gasteiger partial charge in [0.05, 0.1) is 6.54 Å². The third-order valence-electron chi connectivity index (χ3n) is 4.66. The van der Waals surface area contributed by atoms with Crippen LogP contribution in [-0.2, 0) is 14.4 Å². The van der Waals surface area contributed by atoms with Crippen LogP contribution in [0.25, 0.3) is 0 Å². The first-order valence-electron chi connectivity index (χ1n) is 9.68. The minimum atomic E-state index is -0.477. The van der Waals surface area contributed by atoms with E-state index in [4.69, 9.17) is 0 Å². The lowest BCUT2D eigenvalue weighted by Crippen LogP contribution is -2.50. The lowest BCUT2D eigenvalue weighted by atomic mass is 10.0. The minimum Gasteiger partial charge on any atom is -0.352 e. The molecule has 0 aromatic rings. The molecule has 25 heavy (non-hydrogen) atoms. The van der Waals surface area contributed by atoms with Crippen molar-refractivity contribution in [3.05, 3.63) is 0 Å². The molecular weight excluding hydrogens is 318 g/mol. The molecule has 0 heterocycles. The number of amides is 2. The van der Waals surface area contributed by atoms with Gasteiger partial charge in [-0.15, -0.1) is 0 Å². The van der Waals surface area contributed by atoms with E-state index in [0.717, 1.165) is 44.9 Å². The van der Waals surface area contributed by atoms with Gasteiger partial charge in [-0.1, -0.05) is 32.6 Å². The molecule has 1 fully saturated rings. The number of nitrogens with one attached hydrogen (secondary N) is 2. The van der Waals surface area contributed by atoms with Gasteiger partial charge in [0.2, 0.25) is 11.8 Å². The molecule has 0 bridgehead atoms. The van der Waals surface area contributed by atoms with Crippen molar-refractivity contribution in [1.29, 1.82) is 0 Å². The second kappa shape index (κ2) is 12.0. The SMILES string of the molecule is CCC(=O)CCCCC[C@H](NC(=O)CN(C)C)C(=O)NC1CCCC1. The highest BCUT2D eigenvalue weighted by molar-refractivity contribution is 5.88. The van der Waals surface area contributed by atoms with Crippen molar-refractivity contribution < 1.29 is 14.4 Å². The number of hydrogen-bond donors (Lipinski definition) is 2. The highest BCUT2D eigenvalue weighted by Gasteiger charge is 2.24. The second-order valence-electron chi connectivity index (χ2n) is 7.34. The summed E-state index contributed by atoms with van der Waals surface area (Å²) < 4.78 is 0. The molecule has 6 nitrogen and oxygen atoms in total. The maximum atomic E-state index is 12.5. The van der Waals surface area contributed by atoms with Crippen molar-refractivity contribution in [2.24, 2.45) is 0 Å². The molecule has 0 aromatic carbocycles. The number of unbranched alkanes of at least 4 members (excludes halogenated alkanes) is 2. The van der Waals surface area contributed by atoms with E-state index in [1.54, 1.807) is 4.90 Å². The Morgan fingerprint density at radius 1 is 1.08 bits per heavy atom. The number of likely N-dealkylation sites (N-methyl/N-ethyl adjacent to an activating group) is 1. The largest absolute Gasteiger partial charge is 0.352 e. The van der Waals surface area contributed by atoms with Crippen molar-refractivity contribution in [3.63, 3.8) is 0 Å². The Bertz CT molecular complexity index is 432. The molecule has 0 spiro atoms. The van der Waals surface area contributed by atoms with E-state index < -0.39 is 6.04 Å².